The summed E-state index contributed by atoms with van der Waals surface area (Å²) in [7, 11) is 1.50. The Morgan fingerprint density at radius 2 is 1.58 bits per heavy atom. The molecule has 5 nitrogen and oxygen atoms in total. The first kappa shape index (κ1) is 27.8. The number of allylic oxidation sites excluding steroid dienone is 8. The van der Waals surface area contributed by atoms with Gasteiger partial charge >= 0.3 is 0 Å². The summed E-state index contributed by atoms with van der Waals surface area (Å²) >= 11 is 0. The summed E-state index contributed by atoms with van der Waals surface area (Å²) in [5.74, 6) is 0.523. The molecule has 0 aliphatic rings. The average Bonchev–Trinajstić information content (AvgIpc) is 2.82. The predicted molar refractivity (Wildman–Crippen MR) is 135 cm³/mol. The van der Waals surface area contributed by atoms with Crippen LogP contribution >= 0.6 is 0 Å². The number of hydrogen-bond donors (Lipinski definition) is 2. The molecule has 0 saturated heterocycles. The smallest absolute Gasteiger partial charge is 0.220 e. The lowest BCUT2D eigenvalue weighted by Gasteiger charge is -2.08. The zero-order valence-electron chi connectivity index (χ0n) is 19.8. The Kier molecular flexibility index (Phi) is 16.4. The highest BCUT2D eigenvalue weighted by Gasteiger charge is 2.04. The fourth-order valence-corrected chi connectivity index (χ4v) is 3.02. The van der Waals surface area contributed by atoms with Crippen LogP contribution in [0.25, 0.3) is 0 Å². The van der Waals surface area contributed by atoms with Crippen LogP contribution in [-0.4, -0.2) is 18.1 Å². The zero-order valence-corrected chi connectivity index (χ0v) is 19.8. The number of benzene rings is 1. The SMILES string of the molecule is COc1cc(CNC(=O)CCC/C=C\C/C=C\C/C=C\C/C=C\CCCCC#N)ccc1O. The summed E-state index contributed by atoms with van der Waals surface area (Å²) in [4.78, 5) is 12.0. The van der Waals surface area contributed by atoms with Gasteiger partial charge in [0.25, 0.3) is 0 Å². The number of ether oxygens (including phenoxy) is 1. The first-order valence-corrected chi connectivity index (χ1v) is 11.8. The summed E-state index contributed by atoms with van der Waals surface area (Å²) in [6.45, 7) is 0.421. The van der Waals surface area contributed by atoms with Crippen LogP contribution in [0.5, 0.6) is 11.5 Å². The third kappa shape index (κ3) is 15.2. The number of unbranched alkanes of at least 4 members (excludes halogenated alkanes) is 4. The van der Waals surface area contributed by atoms with Crippen molar-refractivity contribution in [2.24, 2.45) is 0 Å². The monoisotopic (exact) mass is 450 g/mol. The van der Waals surface area contributed by atoms with Crippen molar-refractivity contribution in [3.63, 3.8) is 0 Å². The summed E-state index contributed by atoms with van der Waals surface area (Å²) in [6.07, 6.45) is 26.1. The quantitative estimate of drug-likeness (QED) is 0.205. The van der Waals surface area contributed by atoms with Gasteiger partial charge in [0, 0.05) is 19.4 Å². The summed E-state index contributed by atoms with van der Waals surface area (Å²) < 4.78 is 5.07. The maximum absolute atomic E-state index is 12.0. The molecule has 1 rings (SSSR count). The molecule has 2 N–H and O–H groups in total. The highest BCUT2D eigenvalue weighted by Crippen LogP contribution is 2.26. The highest BCUT2D eigenvalue weighted by molar-refractivity contribution is 5.75. The van der Waals surface area contributed by atoms with Gasteiger partial charge in [-0.2, -0.15) is 5.26 Å². The minimum absolute atomic E-state index is 0.0240. The molecular formula is C28H38N2O3. The standard InChI is InChI=1S/C28H38N2O3/c1-33-27-23-25(20-21-26(27)31)24-30-28(32)19-17-15-13-11-9-7-5-3-2-4-6-8-10-12-14-16-18-22-29/h2,4-5,7-8,10-11,13,20-21,23,31H,3,6,9,12,14-19,24H2,1H3,(H,30,32)/b4-2-,7-5-,10-8-,13-11-. The van der Waals surface area contributed by atoms with Gasteiger partial charge in [-0.05, 0) is 69.1 Å². The lowest BCUT2D eigenvalue weighted by atomic mass is 10.2. The normalized spacial score (nSPS) is 11.6. The second-order valence-corrected chi connectivity index (χ2v) is 7.67. The first-order chi connectivity index (χ1) is 16.2. The van der Waals surface area contributed by atoms with E-state index in [-0.39, 0.29) is 11.7 Å². The third-order valence-electron chi connectivity index (χ3n) is 4.90. The molecular weight excluding hydrogens is 412 g/mol. The van der Waals surface area contributed by atoms with Crippen molar-refractivity contribution in [3.8, 4) is 17.6 Å². The van der Waals surface area contributed by atoms with Crippen LogP contribution in [-0.2, 0) is 11.3 Å². The number of amides is 1. The fourth-order valence-electron chi connectivity index (χ4n) is 3.02. The molecule has 0 aliphatic heterocycles. The number of methoxy groups -OCH3 is 1. The number of nitrogens with zero attached hydrogens (tertiary/aromatic N) is 1. The maximum Gasteiger partial charge on any atom is 0.220 e. The van der Waals surface area contributed by atoms with Gasteiger partial charge in [-0.25, -0.2) is 0 Å². The van der Waals surface area contributed by atoms with Crippen LogP contribution in [0.4, 0.5) is 0 Å². The van der Waals surface area contributed by atoms with Crippen LogP contribution in [0.15, 0.2) is 66.8 Å². The molecule has 0 unspecified atom stereocenters. The molecule has 1 amide bonds. The van der Waals surface area contributed by atoms with E-state index in [0.717, 1.165) is 56.9 Å². The molecule has 0 bridgehead atoms. The lowest BCUT2D eigenvalue weighted by Crippen LogP contribution is -2.22. The minimum Gasteiger partial charge on any atom is -0.504 e. The topological polar surface area (TPSA) is 82.3 Å². The van der Waals surface area contributed by atoms with Crippen molar-refractivity contribution < 1.29 is 14.6 Å². The van der Waals surface area contributed by atoms with Crippen molar-refractivity contribution >= 4 is 5.91 Å². The lowest BCUT2D eigenvalue weighted by molar-refractivity contribution is -0.121. The highest BCUT2D eigenvalue weighted by atomic mass is 16.5. The van der Waals surface area contributed by atoms with E-state index in [1.807, 2.05) is 0 Å². The molecule has 33 heavy (non-hydrogen) atoms. The van der Waals surface area contributed by atoms with Gasteiger partial charge < -0.3 is 15.2 Å². The fraction of sp³-hybridized carbons (Fsp3) is 0.429. The number of nitriles is 1. The van der Waals surface area contributed by atoms with E-state index in [1.54, 1.807) is 18.2 Å². The van der Waals surface area contributed by atoms with E-state index >= 15 is 0 Å². The number of carbonyl (C=O) groups excluding carboxylic acids is 1. The Labute approximate surface area is 199 Å². The summed E-state index contributed by atoms with van der Waals surface area (Å²) in [5.41, 5.74) is 0.888. The molecule has 178 valence electrons. The van der Waals surface area contributed by atoms with Crippen LogP contribution in [0.1, 0.15) is 69.8 Å². The zero-order chi connectivity index (χ0) is 24.0. The van der Waals surface area contributed by atoms with Gasteiger partial charge in [-0.3, -0.25) is 4.79 Å². The molecule has 1 aromatic rings. The number of hydrogen-bond acceptors (Lipinski definition) is 4. The van der Waals surface area contributed by atoms with Gasteiger partial charge in [0.2, 0.25) is 5.91 Å². The molecule has 0 heterocycles. The van der Waals surface area contributed by atoms with E-state index in [9.17, 15) is 9.90 Å². The second kappa shape index (κ2) is 19.4. The molecule has 0 fully saturated rings. The van der Waals surface area contributed by atoms with Crippen LogP contribution < -0.4 is 10.1 Å². The molecule has 0 aromatic heterocycles. The van der Waals surface area contributed by atoms with E-state index in [4.69, 9.17) is 10.00 Å². The van der Waals surface area contributed by atoms with Gasteiger partial charge in [0.15, 0.2) is 11.5 Å². The molecule has 0 aliphatic carbocycles. The van der Waals surface area contributed by atoms with Gasteiger partial charge in [0.1, 0.15) is 0 Å². The first-order valence-electron chi connectivity index (χ1n) is 11.8. The number of rotatable bonds is 17. The van der Waals surface area contributed by atoms with Crippen molar-refractivity contribution in [2.45, 2.75) is 70.8 Å². The van der Waals surface area contributed by atoms with Gasteiger partial charge in [-0.15, -0.1) is 0 Å². The Morgan fingerprint density at radius 3 is 2.18 bits per heavy atom. The summed E-state index contributed by atoms with van der Waals surface area (Å²) in [6, 6.07) is 7.22. The maximum atomic E-state index is 12.0. The number of aromatic hydroxyl groups is 1. The predicted octanol–water partition coefficient (Wildman–Crippen LogP) is 6.67. The van der Waals surface area contributed by atoms with E-state index < -0.39 is 0 Å². The Morgan fingerprint density at radius 1 is 0.970 bits per heavy atom. The van der Waals surface area contributed by atoms with Crippen molar-refractivity contribution in [1.29, 1.82) is 5.26 Å². The van der Waals surface area contributed by atoms with Crippen molar-refractivity contribution in [2.75, 3.05) is 7.11 Å². The Bertz CT molecular complexity index is 832. The molecule has 0 spiro atoms. The van der Waals surface area contributed by atoms with Crippen LogP contribution in [0.2, 0.25) is 0 Å². The molecule has 5 heteroatoms. The van der Waals surface area contributed by atoms with E-state index in [2.05, 4.69) is 60.0 Å². The third-order valence-corrected chi connectivity index (χ3v) is 4.90. The van der Waals surface area contributed by atoms with Gasteiger partial charge in [0.05, 0.1) is 13.2 Å². The second-order valence-electron chi connectivity index (χ2n) is 7.67. The molecule has 1 aromatic carbocycles. The van der Waals surface area contributed by atoms with Crippen molar-refractivity contribution in [3.05, 3.63) is 72.4 Å². The minimum atomic E-state index is 0.0240. The van der Waals surface area contributed by atoms with Crippen molar-refractivity contribution in [1.82, 2.24) is 5.32 Å². The number of carbonyl (C=O) groups is 1. The summed E-state index contributed by atoms with van der Waals surface area (Å²) in [5, 5.41) is 21.0. The number of phenols is 1. The van der Waals surface area contributed by atoms with E-state index in [1.165, 1.54) is 7.11 Å². The Balaban J connectivity index is 2.01. The number of nitrogens with one attached hydrogen (secondary N) is 1. The largest absolute Gasteiger partial charge is 0.504 e. The molecule has 0 atom stereocenters. The van der Waals surface area contributed by atoms with E-state index in [0.29, 0.717) is 25.1 Å². The van der Waals surface area contributed by atoms with Gasteiger partial charge in [-0.1, -0.05) is 54.7 Å². The van der Waals surface area contributed by atoms with Crippen LogP contribution in [0, 0.1) is 11.3 Å². The average molecular weight is 451 g/mol. The molecule has 0 radical (unpaired) electrons. The number of phenolic OH excluding ortho intramolecular Hbond substituents is 1. The van der Waals surface area contributed by atoms with Crippen LogP contribution in [0.3, 0.4) is 0 Å². The molecule has 0 saturated carbocycles. The Hall–Kier alpha value is -3.26.